The molecule has 0 heterocycles. The summed E-state index contributed by atoms with van der Waals surface area (Å²) in [6.07, 6.45) is 7.99. The van der Waals surface area contributed by atoms with Crippen molar-refractivity contribution >= 4 is 0 Å². The Kier molecular flexibility index (Phi) is 4.45. The topological polar surface area (TPSA) is 35.5 Å². The van der Waals surface area contributed by atoms with E-state index in [0.29, 0.717) is 0 Å². The first-order chi connectivity index (χ1) is 8.17. The van der Waals surface area contributed by atoms with Crippen LogP contribution >= 0.6 is 0 Å². The van der Waals surface area contributed by atoms with Crippen LogP contribution in [-0.4, -0.2) is 48.3 Å². The van der Waals surface area contributed by atoms with Crippen LogP contribution in [0.4, 0.5) is 0 Å². The van der Waals surface area contributed by atoms with Crippen LogP contribution in [0, 0.1) is 5.92 Å². The summed E-state index contributed by atoms with van der Waals surface area (Å²) in [6.45, 7) is 4.89. The van der Waals surface area contributed by atoms with Gasteiger partial charge in [0.2, 0.25) is 0 Å². The molecule has 1 atom stereocenters. The number of hydrogen-bond donors (Lipinski definition) is 2. The maximum atomic E-state index is 9.35. The van der Waals surface area contributed by atoms with E-state index in [-0.39, 0.29) is 12.1 Å². The van der Waals surface area contributed by atoms with Crippen LogP contribution in [0.3, 0.4) is 0 Å². The van der Waals surface area contributed by atoms with Gasteiger partial charge < -0.3 is 15.3 Å². The van der Waals surface area contributed by atoms with Crippen LogP contribution in [0.5, 0.6) is 0 Å². The zero-order chi connectivity index (χ0) is 12.3. The Morgan fingerprint density at radius 1 is 1.29 bits per heavy atom. The Balaban J connectivity index is 1.67. The molecule has 0 saturated heterocycles. The van der Waals surface area contributed by atoms with Crippen molar-refractivity contribution < 1.29 is 5.11 Å². The summed E-state index contributed by atoms with van der Waals surface area (Å²) in [5, 5.41) is 12.6. The van der Waals surface area contributed by atoms with Crippen molar-refractivity contribution in [2.24, 2.45) is 5.92 Å². The van der Waals surface area contributed by atoms with E-state index >= 15 is 0 Å². The van der Waals surface area contributed by atoms with Gasteiger partial charge in [-0.2, -0.15) is 0 Å². The van der Waals surface area contributed by atoms with Gasteiger partial charge in [0.05, 0.1) is 6.61 Å². The van der Waals surface area contributed by atoms with E-state index < -0.39 is 0 Å². The third-order valence-corrected chi connectivity index (χ3v) is 4.38. The van der Waals surface area contributed by atoms with Gasteiger partial charge in [0.15, 0.2) is 0 Å². The van der Waals surface area contributed by atoms with Gasteiger partial charge in [-0.25, -0.2) is 0 Å². The van der Waals surface area contributed by atoms with Gasteiger partial charge in [-0.1, -0.05) is 0 Å². The van der Waals surface area contributed by atoms with Crippen molar-refractivity contribution in [3.63, 3.8) is 0 Å². The van der Waals surface area contributed by atoms with E-state index in [1.54, 1.807) is 0 Å². The van der Waals surface area contributed by atoms with Gasteiger partial charge in [-0.15, -0.1) is 0 Å². The monoisotopic (exact) mass is 240 g/mol. The first-order valence-corrected chi connectivity index (χ1v) is 7.21. The van der Waals surface area contributed by atoms with E-state index in [2.05, 4.69) is 17.1 Å². The van der Waals surface area contributed by atoms with Crippen molar-refractivity contribution in [1.29, 1.82) is 0 Å². The van der Waals surface area contributed by atoms with Gasteiger partial charge in [-0.3, -0.25) is 0 Å². The van der Waals surface area contributed by atoms with Crippen molar-refractivity contribution in [2.45, 2.75) is 57.0 Å². The molecule has 2 aliphatic rings. The molecule has 0 amide bonds. The molecule has 0 bridgehead atoms. The SMILES string of the molecule is CNC(C)(CO)CCCN(CC1CC1)C1CC1. The van der Waals surface area contributed by atoms with E-state index in [1.165, 1.54) is 45.2 Å². The molecule has 0 aromatic carbocycles. The van der Waals surface area contributed by atoms with E-state index in [0.717, 1.165) is 18.4 Å². The molecule has 2 fully saturated rings. The average molecular weight is 240 g/mol. The summed E-state index contributed by atoms with van der Waals surface area (Å²) >= 11 is 0. The standard InChI is InChI=1S/C14H28N2O/c1-14(11-17,15-2)8-3-9-16(13-6-7-13)10-12-4-5-12/h12-13,15,17H,3-11H2,1-2H3. The molecule has 3 nitrogen and oxygen atoms in total. The maximum Gasteiger partial charge on any atom is 0.0610 e. The normalized spacial score (nSPS) is 24.0. The number of aliphatic hydroxyl groups excluding tert-OH is 1. The number of nitrogens with zero attached hydrogens (tertiary/aromatic N) is 1. The molecule has 0 aromatic rings. The van der Waals surface area contributed by atoms with E-state index in [9.17, 15) is 5.11 Å². The van der Waals surface area contributed by atoms with Crippen LogP contribution in [0.1, 0.15) is 45.4 Å². The van der Waals surface area contributed by atoms with Crippen LogP contribution in [0.2, 0.25) is 0 Å². The van der Waals surface area contributed by atoms with Gasteiger partial charge in [0.25, 0.3) is 0 Å². The van der Waals surface area contributed by atoms with Gasteiger partial charge in [0, 0.05) is 18.1 Å². The number of hydrogen-bond acceptors (Lipinski definition) is 3. The Morgan fingerprint density at radius 2 is 2.00 bits per heavy atom. The largest absolute Gasteiger partial charge is 0.394 e. The lowest BCUT2D eigenvalue weighted by molar-refractivity contribution is 0.161. The summed E-state index contributed by atoms with van der Waals surface area (Å²) in [5.74, 6) is 1.00. The molecule has 3 heteroatoms. The number of aliphatic hydroxyl groups is 1. The first kappa shape index (κ1) is 13.3. The number of nitrogens with one attached hydrogen (secondary N) is 1. The number of likely N-dealkylation sites (N-methyl/N-ethyl adjacent to an activating group) is 1. The fraction of sp³-hybridized carbons (Fsp3) is 1.00. The Bertz CT molecular complexity index is 232. The lowest BCUT2D eigenvalue weighted by Gasteiger charge is -2.29. The third-order valence-electron chi connectivity index (χ3n) is 4.38. The number of rotatable bonds is 9. The van der Waals surface area contributed by atoms with Crippen LogP contribution < -0.4 is 5.32 Å². The summed E-state index contributed by atoms with van der Waals surface area (Å²) < 4.78 is 0. The van der Waals surface area contributed by atoms with Gasteiger partial charge >= 0.3 is 0 Å². The van der Waals surface area contributed by atoms with Crippen LogP contribution in [0.15, 0.2) is 0 Å². The second-order valence-corrected chi connectivity index (χ2v) is 6.24. The maximum absolute atomic E-state index is 9.35. The summed E-state index contributed by atoms with van der Waals surface area (Å²) in [4.78, 5) is 2.70. The molecule has 0 radical (unpaired) electrons. The smallest absolute Gasteiger partial charge is 0.0610 e. The highest BCUT2D eigenvalue weighted by molar-refractivity contribution is 4.89. The molecule has 17 heavy (non-hydrogen) atoms. The van der Waals surface area contributed by atoms with Crippen molar-refractivity contribution in [3.8, 4) is 0 Å². The average Bonchev–Trinajstić information content (AvgIpc) is 3.18. The van der Waals surface area contributed by atoms with E-state index in [1.807, 2.05) is 7.05 Å². The van der Waals surface area contributed by atoms with Crippen LogP contribution in [0.25, 0.3) is 0 Å². The Labute approximate surface area is 106 Å². The Hall–Kier alpha value is -0.120. The summed E-state index contributed by atoms with van der Waals surface area (Å²) in [5.41, 5.74) is -0.0885. The van der Waals surface area contributed by atoms with Gasteiger partial charge in [0.1, 0.15) is 0 Å². The minimum atomic E-state index is -0.0885. The minimum Gasteiger partial charge on any atom is -0.394 e. The third kappa shape index (κ3) is 4.23. The van der Waals surface area contributed by atoms with E-state index in [4.69, 9.17) is 0 Å². The lowest BCUT2D eigenvalue weighted by atomic mass is 9.97. The Morgan fingerprint density at radius 3 is 2.47 bits per heavy atom. The van der Waals surface area contributed by atoms with Crippen molar-refractivity contribution in [2.75, 3.05) is 26.7 Å². The molecule has 2 rings (SSSR count). The molecule has 0 aliphatic heterocycles. The zero-order valence-corrected chi connectivity index (χ0v) is 11.4. The first-order valence-electron chi connectivity index (χ1n) is 7.21. The molecule has 2 saturated carbocycles. The molecule has 0 spiro atoms. The molecule has 100 valence electrons. The fourth-order valence-corrected chi connectivity index (χ4v) is 2.45. The molecule has 2 aliphatic carbocycles. The zero-order valence-electron chi connectivity index (χ0n) is 11.4. The predicted molar refractivity (Wildman–Crippen MR) is 71.1 cm³/mol. The fourth-order valence-electron chi connectivity index (χ4n) is 2.45. The van der Waals surface area contributed by atoms with Crippen molar-refractivity contribution in [1.82, 2.24) is 10.2 Å². The highest BCUT2D eigenvalue weighted by Crippen LogP contribution is 2.35. The van der Waals surface area contributed by atoms with Crippen LogP contribution in [-0.2, 0) is 0 Å². The van der Waals surface area contributed by atoms with Gasteiger partial charge in [-0.05, 0) is 65.0 Å². The molecular formula is C14H28N2O. The molecule has 0 aromatic heterocycles. The second-order valence-electron chi connectivity index (χ2n) is 6.24. The summed E-state index contributed by atoms with van der Waals surface area (Å²) in [7, 11) is 1.94. The van der Waals surface area contributed by atoms with Crippen molar-refractivity contribution in [3.05, 3.63) is 0 Å². The minimum absolute atomic E-state index is 0.0885. The predicted octanol–water partition coefficient (Wildman–Crippen LogP) is 1.61. The quantitative estimate of drug-likeness (QED) is 0.643. The molecule has 2 N–H and O–H groups in total. The molecular weight excluding hydrogens is 212 g/mol. The lowest BCUT2D eigenvalue weighted by Crippen LogP contribution is -2.44. The summed E-state index contributed by atoms with van der Waals surface area (Å²) in [6, 6.07) is 0.894. The highest BCUT2D eigenvalue weighted by Gasteiger charge is 2.33. The highest BCUT2D eigenvalue weighted by atomic mass is 16.3. The second kappa shape index (κ2) is 5.68. The molecule has 1 unspecified atom stereocenters.